The fourth-order valence-electron chi connectivity index (χ4n) is 3.34. The van der Waals surface area contributed by atoms with Gasteiger partial charge in [-0.3, -0.25) is 9.69 Å². The monoisotopic (exact) mass is 367 g/mol. The molecule has 0 radical (unpaired) electrons. The fourth-order valence-corrected chi connectivity index (χ4v) is 3.34. The molecule has 1 aliphatic heterocycles. The van der Waals surface area contributed by atoms with E-state index in [0.717, 1.165) is 44.0 Å². The number of hydrogen-bond donors (Lipinski definition) is 1. The summed E-state index contributed by atoms with van der Waals surface area (Å²) < 4.78 is 5.42. The third-order valence-corrected chi connectivity index (χ3v) is 4.84. The second kappa shape index (κ2) is 9.97. The molecular formula is C22H29N3O2. The Hall–Kier alpha value is -2.53. The lowest BCUT2D eigenvalue weighted by Crippen LogP contribution is -2.48. The van der Waals surface area contributed by atoms with Gasteiger partial charge in [0.2, 0.25) is 5.91 Å². The number of piperazine rings is 1. The minimum absolute atomic E-state index is 0.0714. The Bertz CT molecular complexity index is 695. The number of ether oxygens (including phenoxy) is 1. The van der Waals surface area contributed by atoms with Crippen molar-refractivity contribution < 1.29 is 9.53 Å². The number of amides is 1. The lowest BCUT2D eigenvalue weighted by Gasteiger charge is -2.36. The first-order valence-electron chi connectivity index (χ1n) is 9.75. The predicted octanol–water partition coefficient (Wildman–Crippen LogP) is 2.57. The number of nitrogens with one attached hydrogen (secondary N) is 1. The van der Waals surface area contributed by atoms with Crippen molar-refractivity contribution in [1.29, 1.82) is 0 Å². The van der Waals surface area contributed by atoms with Crippen LogP contribution in [0.15, 0.2) is 54.6 Å². The third kappa shape index (κ3) is 6.00. The molecule has 0 spiro atoms. The van der Waals surface area contributed by atoms with Crippen molar-refractivity contribution in [2.75, 3.05) is 50.8 Å². The lowest BCUT2D eigenvalue weighted by molar-refractivity contribution is -0.120. The van der Waals surface area contributed by atoms with Gasteiger partial charge >= 0.3 is 0 Å². The minimum Gasteiger partial charge on any atom is -0.494 e. The Morgan fingerprint density at radius 1 is 1.00 bits per heavy atom. The van der Waals surface area contributed by atoms with E-state index < -0.39 is 0 Å². The van der Waals surface area contributed by atoms with Gasteiger partial charge in [0.05, 0.1) is 13.0 Å². The zero-order valence-corrected chi connectivity index (χ0v) is 16.1. The van der Waals surface area contributed by atoms with Gasteiger partial charge in [0.1, 0.15) is 5.75 Å². The standard InChI is InChI=1S/C22H29N3O2/c1-2-27-21-10-8-19(9-11-21)18-22(26)23-12-13-24-14-16-25(17-15-24)20-6-4-3-5-7-20/h3-11H,2,12-18H2,1H3,(H,23,26). The summed E-state index contributed by atoms with van der Waals surface area (Å²) in [6.45, 7) is 8.34. The number of para-hydroxylation sites is 1. The van der Waals surface area contributed by atoms with E-state index >= 15 is 0 Å². The average Bonchev–Trinajstić information content (AvgIpc) is 2.71. The number of benzene rings is 2. The van der Waals surface area contributed by atoms with E-state index in [1.165, 1.54) is 5.69 Å². The molecule has 5 heteroatoms. The van der Waals surface area contributed by atoms with Crippen LogP contribution < -0.4 is 15.0 Å². The predicted molar refractivity (Wildman–Crippen MR) is 109 cm³/mol. The van der Waals surface area contributed by atoms with Crippen LogP contribution in [0.5, 0.6) is 5.75 Å². The first-order chi connectivity index (χ1) is 13.2. The first kappa shape index (κ1) is 19.2. The maximum Gasteiger partial charge on any atom is 0.224 e. The molecule has 1 heterocycles. The molecule has 0 bridgehead atoms. The quantitative estimate of drug-likeness (QED) is 0.779. The number of hydrogen-bond acceptors (Lipinski definition) is 4. The van der Waals surface area contributed by atoms with Crippen molar-refractivity contribution in [3.8, 4) is 5.75 Å². The van der Waals surface area contributed by atoms with Gasteiger partial charge in [-0.05, 0) is 36.8 Å². The van der Waals surface area contributed by atoms with Gasteiger partial charge in [-0.15, -0.1) is 0 Å². The number of anilines is 1. The molecule has 144 valence electrons. The summed E-state index contributed by atoms with van der Waals surface area (Å²) in [6.07, 6.45) is 0.411. The fraction of sp³-hybridized carbons (Fsp3) is 0.409. The molecule has 5 nitrogen and oxygen atoms in total. The van der Waals surface area contributed by atoms with E-state index in [4.69, 9.17) is 4.74 Å². The average molecular weight is 367 g/mol. The van der Waals surface area contributed by atoms with Gasteiger partial charge in [-0.2, -0.15) is 0 Å². The van der Waals surface area contributed by atoms with Crippen LogP contribution in [-0.4, -0.2) is 56.7 Å². The van der Waals surface area contributed by atoms with Crippen LogP contribution in [0.1, 0.15) is 12.5 Å². The largest absolute Gasteiger partial charge is 0.494 e. The number of nitrogens with zero attached hydrogens (tertiary/aromatic N) is 2. The van der Waals surface area contributed by atoms with Gasteiger partial charge in [-0.1, -0.05) is 30.3 Å². The smallest absolute Gasteiger partial charge is 0.224 e. The molecule has 0 atom stereocenters. The van der Waals surface area contributed by atoms with E-state index in [0.29, 0.717) is 19.6 Å². The summed E-state index contributed by atoms with van der Waals surface area (Å²) in [5.74, 6) is 0.915. The van der Waals surface area contributed by atoms with Gasteiger partial charge in [0, 0.05) is 45.0 Å². The zero-order valence-electron chi connectivity index (χ0n) is 16.1. The van der Waals surface area contributed by atoms with E-state index in [1.54, 1.807) is 0 Å². The molecule has 1 fully saturated rings. The van der Waals surface area contributed by atoms with Gasteiger partial charge in [0.25, 0.3) is 0 Å². The third-order valence-electron chi connectivity index (χ3n) is 4.84. The molecular weight excluding hydrogens is 338 g/mol. The van der Waals surface area contributed by atoms with Gasteiger partial charge < -0.3 is 15.0 Å². The van der Waals surface area contributed by atoms with Crippen LogP contribution in [0.4, 0.5) is 5.69 Å². The van der Waals surface area contributed by atoms with Crippen molar-refractivity contribution in [2.45, 2.75) is 13.3 Å². The van der Waals surface area contributed by atoms with E-state index in [2.05, 4.69) is 45.4 Å². The van der Waals surface area contributed by atoms with E-state index in [9.17, 15) is 4.79 Å². The molecule has 0 unspecified atom stereocenters. The lowest BCUT2D eigenvalue weighted by atomic mass is 10.1. The van der Waals surface area contributed by atoms with Crippen molar-refractivity contribution in [2.24, 2.45) is 0 Å². The Kier molecular flexibility index (Phi) is 7.11. The van der Waals surface area contributed by atoms with Gasteiger partial charge in [0.15, 0.2) is 0 Å². The van der Waals surface area contributed by atoms with E-state index in [1.807, 2.05) is 31.2 Å². The van der Waals surface area contributed by atoms with Crippen molar-refractivity contribution in [1.82, 2.24) is 10.2 Å². The summed E-state index contributed by atoms with van der Waals surface area (Å²) >= 11 is 0. The van der Waals surface area contributed by atoms with Crippen LogP contribution in [-0.2, 0) is 11.2 Å². The SMILES string of the molecule is CCOc1ccc(CC(=O)NCCN2CCN(c3ccccc3)CC2)cc1. The van der Waals surface area contributed by atoms with Crippen molar-refractivity contribution >= 4 is 11.6 Å². The molecule has 1 N–H and O–H groups in total. The molecule has 2 aromatic carbocycles. The van der Waals surface area contributed by atoms with Gasteiger partial charge in [-0.25, -0.2) is 0 Å². The first-order valence-corrected chi connectivity index (χ1v) is 9.75. The summed E-state index contributed by atoms with van der Waals surface area (Å²) in [5, 5.41) is 3.04. The summed E-state index contributed by atoms with van der Waals surface area (Å²) in [5.41, 5.74) is 2.30. The second-order valence-corrected chi connectivity index (χ2v) is 6.77. The van der Waals surface area contributed by atoms with Crippen molar-refractivity contribution in [3.05, 3.63) is 60.2 Å². The van der Waals surface area contributed by atoms with Crippen LogP contribution in [0, 0.1) is 0 Å². The Balaban J connectivity index is 1.33. The van der Waals surface area contributed by atoms with Crippen molar-refractivity contribution in [3.63, 3.8) is 0 Å². The Morgan fingerprint density at radius 2 is 1.70 bits per heavy atom. The molecule has 1 saturated heterocycles. The summed E-state index contributed by atoms with van der Waals surface area (Å²) in [4.78, 5) is 17.0. The molecule has 1 aliphatic rings. The molecule has 0 aliphatic carbocycles. The van der Waals surface area contributed by atoms with Crippen LogP contribution in [0.3, 0.4) is 0 Å². The highest BCUT2D eigenvalue weighted by Gasteiger charge is 2.16. The highest BCUT2D eigenvalue weighted by molar-refractivity contribution is 5.78. The minimum atomic E-state index is 0.0714. The maximum atomic E-state index is 12.1. The molecule has 2 aromatic rings. The highest BCUT2D eigenvalue weighted by Crippen LogP contribution is 2.15. The zero-order chi connectivity index (χ0) is 18.9. The number of rotatable bonds is 8. The topological polar surface area (TPSA) is 44.8 Å². The van der Waals surface area contributed by atoms with Crippen LogP contribution in [0.2, 0.25) is 0 Å². The highest BCUT2D eigenvalue weighted by atomic mass is 16.5. The number of carbonyl (C=O) groups is 1. The summed E-state index contributed by atoms with van der Waals surface area (Å²) in [6, 6.07) is 18.3. The molecule has 1 amide bonds. The van der Waals surface area contributed by atoms with Crippen LogP contribution in [0.25, 0.3) is 0 Å². The maximum absolute atomic E-state index is 12.1. The number of carbonyl (C=O) groups excluding carboxylic acids is 1. The molecule has 0 saturated carbocycles. The molecule has 27 heavy (non-hydrogen) atoms. The van der Waals surface area contributed by atoms with Crippen LogP contribution >= 0.6 is 0 Å². The summed E-state index contributed by atoms with van der Waals surface area (Å²) in [7, 11) is 0. The van der Waals surface area contributed by atoms with E-state index in [-0.39, 0.29) is 5.91 Å². The Labute approximate surface area is 161 Å². The molecule has 0 aromatic heterocycles. The molecule has 3 rings (SSSR count). The Morgan fingerprint density at radius 3 is 2.37 bits per heavy atom. The normalized spacial score (nSPS) is 14.8. The second-order valence-electron chi connectivity index (χ2n) is 6.77.